The average molecular weight is 378 g/mol. The Morgan fingerprint density at radius 2 is 1.93 bits per heavy atom. The lowest BCUT2D eigenvalue weighted by molar-refractivity contribution is 0.0695. The first-order valence-electron chi connectivity index (χ1n) is 9.25. The number of rotatable bonds is 4. The maximum atomic E-state index is 13.3. The van der Waals surface area contributed by atoms with Crippen LogP contribution in [0.5, 0.6) is 5.75 Å². The van der Waals surface area contributed by atoms with Gasteiger partial charge in [-0.1, -0.05) is 42.5 Å². The van der Waals surface area contributed by atoms with Crippen LogP contribution < -0.4 is 4.74 Å². The number of nitrogens with zero attached hydrogens (tertiary/aromatic N) is 1. The van der Waals surface area contributed by atoms with Gasteiger partial charge in [0.25, 0.3) is 5.91 Å². The van der Waals surface area contributed by atoms with Crippen molar-refractivity contribution in [2.75, 3.05) is 0 Å². The lowest BCUT2D eigenvalue weighted by atomic mass is 10.0. The SMILES string of the molecule is Cc1cccc2c1-c1sc(C(=O)N(Cc3ccccc3)C(C)C)cc1CO2. The summed E-state index contributed by atoms with van der Waals surface area (Å²) < 4.78 is 5.91. The third-order valence-electron chi connectivity index (χ3n) is 4.94. The van der Waals surface area contributed by atoms with Gasteiger partial charge in [0.15, 0.2) is 0 Å². The maximum absolute atomic E-state index is 13.3. The van der Waals surface area contributed by atoms with Gasteiger partial charge < -0.3 is 9.64 Å². The summed E-state index contributed by atoms with van der Waals surface area (Å²) in [7, 11) is 0. The van der Waals surface area contributed by atoms with Crippen LogP contribution in [-0.4, -0.2) is 16.8 Å². The van der Waals surface area contributed by atoms with Crippen LogP contribution >= 0.6 is 11.3 Å². The number of aryl methyl sites for hydroxylation is 1. The molecule has 0 unspecified atom stereocenters. The fraction of sp³-hybridized carbons (Fsp3) is 0.261. The Kier molecular flexibility index (Phi) is 4.75. The van der Waals surface area contributed by atoms with Crippen LogP contribution in [0, 0.1) is 6.92 Å². The monoisotopic (exact) mass is 377 g/mol. The van der Waals surface area contributed by atoms with E-state index in [9.17, 15) is 4.79 Å². The first kappa shape index (κ1) is 17.8. The smallest absolute Gasteiger partial charge is 0.264 e. The van der Waals surface area contributed by atoms with E-state index in [1.807, 2.05) is 41.3 Å². The summed E-state index contributed by atoms with van der Waals surface area (Å²) >= 11 is 1.59. The van der Waals surface area contributed by atoms with E-state index in [1.54, 1.807) is 11.3 Å². The molecule has 0 N–H and O–H groups in total. The Labute approximate surface area is 164 Å². The van der Waals surface area contributed by atoms with Crippen LogP contribution in [0.15, 0.2) is 54.6 Å². The van der Waals surface area contributed by atoms with E-state index in [1.165, 1.54) is 10.4 Å². The Balaban J connectivity index is 1.68. The summed E-state index contributed by atoms with van der Waals surface area (Å²) in [5, 5.41) is 0. The molecule has 0 saturated carbocycles. The molecule has 1 aromatic heterocycles. The molecule has 0 radical (unpaired) electrons. The average Bonchev–Trinajstić information content (AvgIpc) is 3.10. The lowest BCUT2D eigenvalue weighted by Gasteiger charge is -2.26. The van der Waals surface area contributed by atoms with Gasteiger partial charge in [-0.25, -0.2) is 0 Å². The zero-order valence-corrected chi connectivity index (χ0v) is 16.7. The minimum absolute atomic E-state index is 0.0865. The number of carbonyl (C=O) groups excluding carboxylic acids is 1. The molecular formula is C23H23NO2S. The minimum atomic E-state index is 0.0865. The van der Waals surface area contributed by atoms with Crippen molar-refractivity contribution in [3.63, 3.8) is 0 Å². The number of ether oxygens (including phenoxy) is 1. The van der Waals surface area contributed by atoms with Crippen molar-refractivity contribution in [3.8, 4) is 16.2 Å². The van der Waals surface area contributed by atoms with Crippen LogP contribution in [0.1, 0.15) is 40.2 Å². The number of hydrogen-bond donors (Lipinski definition) is 0. The van der Waals surface area contributed by atoms with Crippen molar-refractivity contribution in [1.82, 2.24) is 4.90 Å². The Hall–Kier alpha value is -2.59. The Morgan fingerprint density at radius 1 is 1.15 bits per heavy atom. The molecule has 2 aromatic carbocycles. The van der Waals surface area contributed by atoms with Gasteiger partial charge in [0.1, 0.15) is 12.4 Å². The molecule has 1 aliphatic rings. The van der Waals surface area contributed by atoms with E-state index >= 15 is 0 Å². The van der Waals surface area contributed by atoms with E-state index in [-0.39, 0.29) is 11.9 Å². The van der Waals surface area contributed by atoms with Crippen LogP contribution in [0.4, 0.5) is 0 Å². The Morgan fingerprint density at radius 3 is 2.67 bits per heavy atom. The summed E-state index contributed by atoms with van der Waals surface area (Å²) in [6.07, 6.45) is 0. The second-order valence-electron chi connectivity index (χ2n) is 7.21. The Bertz CT molecular complexity index is 975. The molecule has 1 amide bonds. The fourth-order valence-corrected chi connectivity index (χ4v) is 4.71. The molecule has 4 heteroatoms. The van der Waals surface area contributed by atoms with Gasteiger partial charge in [-0.15, -0.1) is 11.3 Å². The van der Waals surface area contributed by atoms with Crippen molar-refractivity contribution in [3.05, 3.63) is 76.2 Å². The highest BCUT2D eigenvalue weighted by Crippen LogP contribution is 2.44. The first-order valence-corrected chi connectivity index (χ1v) is 10.1. The van der Waals surface area contributed by atoms with Gasteiger partial charge in [0.2, 0.25) is 0 Å². The van der Waals surface area contributed by atoms with E-state index in [2.05, 4.69) is 39.0 Å². The van der Waals surface area contributed by atoms with Crippen LogP contribution in [0.3, 0.4) is 0 Å². The van der Waals surface area contributed by atoms with Crippen LogP contribution in [-0.2, 0) is 13.2 Å². The van der Waals surface area contributed by atoms with Crippen LogP contribution in [0.2, 0.25) is 0 Å². The molecule has 0 atom stereocenters. The van der Waals surface area contributed by atoms with Gasteiger partial charge in [-0.2, -0.15) is 0 Å². The highest BCUT2D eigenvalue weighted by Gasteiger charge is 2.27. The molecule has 2 heterocycles. The highest BCUT2D eigenvalue weighted by atomic mass is 32.1. The zero-order chi connectivity index (χ0) is 19.0. The van der Waals surface area contributed by atoms with Crippen molar-refractivity contribution in [1.29, 1.82) is 0 Å². The van der Waals surface area contributed by atoms with E-state index in [4.69, 9.17) is 4.74 Å². The summed E-state index contributed by atoms with van der Waals surface area (Å²) in [4.78, 5) is 17.2. The second kappa shape index (κ2) is 7.20. The molecule has 4 rings (SSSR count). The standard InChI is InChI=1S/C23H23NO2S/c1-15(2)24(13-17-9-5-4-6-10-17)23(25)20-12-18-14-26-19-11-7-8-16(3)21(19)22(18)27-20/h4-12,15H,13-14H2,1-3H3. The molecule has 0 fully saturated rings. The normalized spacial score (nSPS) is 12.3. The summed E-state index contributed by atoms with van der Waals surface area (Å²) in [5.41, 5.74) is 4.56. The number of carbonyl (C=O) groups is 1. The predicted octanol–water partition coefficient (Wildman–Crippen LogP) is 5.67. The van der Waals surface area contributed by atoms with Crippen molar-refractivity contribution >= 4 is 17.2 Å². The number of benzene rings is 2. The predicted molar refractivity (Wildman–Crippen MR) is 110 cm³/mol. The van der Waals surface area contributed by atoms with Gasteiger partial charge in [-0.05, 0) is 44.0 Å². The molecule has 3 nitrogen and oxygen atoms in total. The van der Waals surface area contributed by atoms with Gasteiger partial charge in [-0.3, -0.25) is 4.79 Å². The number of amides is 1. The minimum Gasteiger partial charge on any atom is -0.488 e. The van der Waals surface area contributed by atoms with Crippen molar-refractivity contribution < 1.29 is 9.53 Å². The first-order chi connectivity index (χ1) is 13.0. The maximum Gasteiger partial charge on any atom is 0.264 e. The number of thiophene rings is 1. The zero-order valence-electron chi connectivity index (χ0n) is 15.9. The summed E-state index contributed by atoms with van der Waals surface area (Å²) in [5.74, 6) is 0.997. The van der Waals surface area contributed by atoms with Crippen molar-refractivity contribution in [2.24, 2.45) is 0 Å². The summed E-state index contributed by atoms with van der Waals surface area (Å²) in [6, 6.07) is 18.4. The molecule has 0 bridgehead atoms. The van der Waals surface area contributed by atoms with E-state index in [0.29, 0.717) is 13.2 Å². The molecular weight excluding hydrogens is 354 g/mol. The lowest BCUT2D eigenvalue weighted by Crippen LogP contribution is -2.35. The molecule has 1 aliphatic heterocycles. The molecule has 0 saturated heterocycles. The number of fused-ring (bicyclic) bond motifs is 3. The summed E-state index contributed by atoms with van der Waals surface area (Å²) in [6.45, 7) is 7.37. The molecule has 0 aliphatic carbocycles. The van der Waals surface area contributed by atoms with Gasteiger partial charge >= 0.3 is 0 Å². The largest absolute Gasteiger partial charge is 0.488 e. The molecule has 27 heavy (non-hydrogen) atoms. The van der Waals surface area contributed by atoms with Crippen LogP contribution in [0.25, 0.3) is 10.4 Å². The fourth-order valence-electron chi connectivity index (χ4n) is 3.47. The van der Waals surface area contributed by atoms with Gasteiger partial charge in [0, 0.05) is 28.6 Å². The third-order valence-corrected chi connectivity index (χ3v) is 6.13. The van der Waals surface area contributed by atoms with E-state index < -0.39 is 0 Å². The van der Waals surface area contributed by atoms with E-state index in [0.717, 1.165) is 27.3 Å². The molecule has 138 valence electrons. The quantitative estimate of drug-likeness (QED) is 0.586. The molecule has 3 aromatic rings. The van der Waals surface area contributed by atoms with Crippen molar-refractivity contribution in [2.45, 2.75) is 40.0 Å². The number of hydrogen-bond acceptors (Lipinski definition) is 3. The van der Waals surface area contributed by atoms with Gasteiger partial charge in [0.05, 0.1) is 4.88 Å². The third kappa shape index (κ3) is 3.37. The second-order valence-corrected chi connectivity index (χ2v) is 8.27. The topological polar surface area (TPSA) is 29.5 Å². The molecule has 0 spiro atoms. The highest BCUT2D eigenvalue weighted by molar-refractivity contribution is 7.17.